The Hall–Kier alpha value is -3.21. The van der Waals surface area contributed by atoms with E-state index in [9.17, 15) is 22.4 Å². The summed E-state index contributed by atoms with van der Waals surface area (Å²) < 4.78 is 42.8. The SMILES string of the molecule is O=C(C[C@H]1SC(=NS(=O)(=O)c2ccc(Cl)cc2)N(c2ccccc2)C1=O)Nc1ccc(F)cc1. The van der Waals surface area contributed by atoms with Crippen molar-refractivity contribution in [2.45, 2.75) is 16.6 Å². The third-order valence-corrected chi connectivity index (χ3v) is 7.54. The highest BCUT2D eigenvalue weighted by molar-refractivity contribution is 8.16. The minimum atomic E-state index is -4.15. The summed E-state index contributed by atoms with van der Waals surface area (Å²) in [6.45, 7) is 0. The molecular formula is C23H17ClFN3O4S2. The second kappa shape index (κ2) is 9.96. The van der Waals surface area contributed by atoms with Crippen molar-refractivity contribution >= 4 is 61.7 Å². The average Bonchev–Trinajstić information content (AvgIpc) is 3.10. The lowest BCUT2D eigenvalue weighted by molar-refractivity contribution is -0.121. The van der Waals surface area contributed by atoms with Gasteiger partial charge < -0.3 is 5.32 Å². The predicted molar refractivity (Wildman–Crippen MR) is 131 cm³/mol. The van der Waals surface area contributed by atoms with Gasteiger partial charge in [0.15, 0.2) is 5.17 Å². The summed E-state index contributed by atoms with van der Waals surface area (Å²) in [7, 11) is -4.15. The van der Waals surface area contributed by atoms with Gasteiger partial charge in [-0.1, -0.05) is 41.6 Å². The Morgan fingerprint density at radius 1 is 1.03 bits per heavy atom. The summed E-state index contributed by atoms with van der Waals surface area (Å²) in [5.41, 5.74) is 0.799. The smallest absolute Gasteiger partial charge is 0.284 e. The lowest BCUT2D eigenvalue weighted by atomic mass is 10.2. The molecule has 174 valence electrons. The molecule has 1 heterocycles. The van der Waals surface area contributed by atoms with Gasteiger partial charge in [-0.3, -0.25) is 14.5 Å². The van der Waals surface area contributed by atoms with E-state index in [1.165, 1.54) is 53.4 Å². The number of amidine groups is 1. The number of para-hydroxylation sites is 1. The van der Waals surface area contributed by atoms with Crippen LogP contribution in [-0.4, -0.2) is 30.6 Å². The third-order valence-electron chi connectivity index (χ3n) is 4.76. The first kappa shape index (κ1) is 23.9. The minimum Gasteiger partial charge on any atom is -0.326 e. The summed E-state index contributed by atoms with van der Waals surface area (Å²) >= 11 is 6.73. The van der Waals surface area contributed by atoms with Crippen LogP contribution in [0.25, 0.3) is 0 Å². The summed E-state index contributed by atoms with van der Waals surface area (Å²) in [5, 5.41) is 2.01. The monoisotopic (exact) mass is 517 g/mol. The van der Waals surface area contributed by atoms with Crippen LogP contribution in [0.3, 0.4) is 0 Å². The fourth-order valence-corrected chi connectivity index (χ4v) is 5.61. The number of amides is 2. The van der Waals surface area contributed by atoms with E-state index in [-0.39, 0.29) is 16.5 Å². The molecule has 3 aromatic rings. The van der Waals surface area contributed by atoms with Gasteiger partial charge in [-0.15, -0.1) is 4.40 Å². The first-order valence-corrected chi connectivity index (χ1v) is 12.6. The van der Waals surface area contributed by atoms with E-state index >= 15 is 0 Å². The topological polar surface area (TPSA) is 95.9 Å². The number of nitrogens with zero attached hydrogens (tertiary/aromatic N) is 2. The minimum absolute atomic E-state index is 0.0641. The van der Waals surface area contributed by atoms with Crippen LogP contribution in [0.4, 0.5) is 15.8 Å². The number of carbonyl (C=O) groups excluding carboxylic acids is 2. The van der Waals surface area contributed by atoms with E-state index in [1.807, 2.05) is 0 Å². The molecule has 2 amide bonds. The highest BCUT2D eigenvalue weighted by Gasteiger charge is 2.41. The van der Waals surface area contributed by atoms with Crippen molar-refractivity contribution in [1.82, 2.24) is 0 Å². The average molecular weight is 518 g/mol. The molecule has 0 spiro atoms. The van der Waals surface area contributed by atoms with Gasteiger partial charge in [-0.05, 0) is 60.7 Å². The fraction of sp³-hybridized carbons (Fsp3) is 0.0870. The van der Waals surface area contributed by atoms with Gasteiger partial charge in [-0.2, -0.15) is 8.42 Å². The maximum Gasteiger partial charge on any atom is 0.284 e. The number of benzene rings is 3. The highest BCUT2D eigenvalue weighted by atomic mass is 35.5. The molecule has 0 radical (unpaired) electrons. The Balaban J connectivity index is 1.61. The van der Waals surface area contributed by atoms with Crippen molar-refractivity contribution < 1.29 is 22.4 Å². The zero-order chi connectivity index (χ0) is 24.3. The van der Waals surface area contributed by atoms with Crippen molar-refractivity contribution in [3.8, 4) is 0 Å². The van der Waals surface area contributed by atoms with Crippen molar-refractivity contribution in [2.24, 2.45) is 4.40 Å². The standard InChI is InChI=1S/C23H17ClFN3O4S2/c24-15-6-12-19(13-7-15)34(31,32)27-23-28(18-4-2-1-3-5-18)22(30)20(33-23)14-21(29)26-17-10-8-16(25)9-11-17/h1-13,20H,14H2,(H,26,29)/t20-/m1/s1. The van der Waals surface area contributed by atoms with E-state index in [1.54, 1.807) is 30.3 Å². The molecular weight excluding hydrogens is 501 g/mol. The summed E-state index contributed by atoms with van der Waals surface area (Å²) in [6.07, 6.45) is -0.232. The first-order valence-electron chi connectivity index (χ1n) is 9.94. The van der Waals surface area contributed by atoms with Gasteiger partial charge in [-0.25, -0.2) is 4.39 Å². The number of halogens is 2. The molecule has 1 saturated heterocycles. The number of anilines is 2. The van der Waals surface area contributed by atoms with Crippen LogP contribution < -0.4 is 10.2 Å². The van der Waals surface area contributed by atoms with Crippen LogP contribution in [0, 0.1) is 5.82 Å². The van der Waals surface area contributed by atoms with Crippen molar-refractivity contribution in [1.29, 1.82) is 0 Å². The van der Waals surface area contributed by atoms with Crippen LogP contribution in [0.1, 0.15) is 6.42 Å². The van der Waals surface area contributed by atoms with Crippen LogP contribution in [0.2, 0.25) is 5.02 Å². The Morgan fingerprint density at radius 2 is 1.68 bits per heavy atom. The number of thioether (sulfide) groups is 1. The molecule has 4 rings (SSSR count). The normalized spacial score (nSPS) is 17.2. The lowest BCUT2D eigenvalue weighted by Gasteiger charge is -2.16. The molecule has 3 aromatic carbocycles. The molecule has 1 N–H and O–H groups in total. The molecule has 1 atom stereocenters. The maximum absolute atomic E-state index is 13.2. The van der Waals surface area contributed by atoms with Crippen LogP contribution in [0.15, 0.2) is 88.2 Å². The van der Waals surface area contributed by atoms with Crippen molar-refractivity contribution in [3.63, 3.8) is 0 Å². The molecule has 0 unspecified atom stereocenters. The van der Waals surface area contributed by atoms with Gasteiger partial charge in [0.2, 0.25) is 11.8 Å². The van der Waals surface area contributed by atoms with Gasteiger partial charge in [0.1, 0.15) is 11.1 Å². The molecule has 1 aliphatic rings. The Labute approximate surface area is 204 Å². The molecule has 0 saturated carbocycles. The first-order chi connectivity index (χ1) is 16.2. The fourth-order valence-electron chi connectivity index (χ4n) is 3.15. The van der Waals surface area contributed by atoms with Crippen LogP contribution >= 0.6 is 23.4 Å². The second-order valence-corrected chi connectivity index (χ2v) is 10.4. The molecule has 0 aliphatic carbocycles. The van der Waals surface area contributed by atoms with E-state index in [0.717, 1.165) is 11.8 Å². The molecule has 7 nitrogen and oxygen atoms in total. The molecule has 1 aliphatic heterocycles. The maximum atomic E-state index is 13.2. The number of carbonyl (C=O) groups is 2. The molecule has 1 fully saturated rings. The van der Waals surface area contributed by atoms with E-state index < -0.39 is 32.9 Å². The zero-order valence-corrected chi connectivity index (χ0v) is 19.8. The van der Waals surface area contributed by atoms with E-state index in [2.05, 4.69) is 9.71 Å². The molecule has 34 heavy (non-hydrogen) atoms. The highest BCUT2D eigenvalue weighted by Crippen LogP contribution is 2.35. The second-order valence-electron chi connectivity index (χ2n) is 7.18. The number of rotatable bonds is 6. The van der Waals surface area contributed by atoms with Gasteiger partial charge in [0, 0.05) is 17.1 Å². The van der Waals surface area contributed by atoms with Gasteiger partial charge in [0.05, 0.1) is 10.6 Å². The van der Waals surface area contributed by atoms with E-state index in [4.69, 9.17) is 11.6 Å². The number of hydrogen-bond donors (Lipinski definition) is 1. The predicted octanol–water partition coefficient (Wildman–Crippen LogP) is 4.70. The number of hydrogen-bond acceptors (Lipinski definition) is 5. The molecule has 0 bridgehead atoms. The number of nitrogens with one attached hydrogen (secondary N) is 1. The van der Waals surface area contributed by atoms with Crippen LogP contribution in [0.5, 0.6) is 0 Å². The largest absolute Gasteiger partial charge is 0.326 e. The number of sulfonamides is 1. The van der Waals surface area contributed by atoms with Crippen LogP contribution in [-0.2, 0) is 19.6 Å². The third kappa shape index (κ3) is 5.46. The molecule has 0 aromatic heterocycles. The van der Waals surface area contributed by atoms with E-state index in [0.29, 0.717) is 16.4 Å². The van der Waals surface area contributed by atoms with Crippen molar-refractivity contribution in [3.05, 3.63) is 89.7 Å². The Bertz CT molecular complexity index is 1350. The Morgan fingerprint density at radius 3 is 2.32 bits per heavy atom. The zero-order valence-electron chi connectivity index (χ0n) is 17.4. The summed E-state index contributed by atoms with van der Waals surface area (Å²) in [4.78, 5) is 26.8. The summed E-state index contributed by atoms with van der Waals surface area (Å²) in [6, 6.07) is 19.2. The lowest BCUT2D eigenvalue weighted by Crippen LogP contribution is -2.33. The van der Waals surface area contributed by atoms with Gasteiger partial charge in [0.25, 0.3) is 10.0 Å². The van der Waals surface area contributed by atoms with Crippen molar-refractivity contribution in [2.75, 3.05) is 10.2 Å². The Kier molecular flexibility index (Phi) is 7.01. The quantitative estimate of drug-likeness (QED) is 0.511. The van der Waals surface area contributed by atoms with Gasteiger partial charge >= 0.3 is 0 Å². The molecule has 11 heteroatoms. The summed E-state index contributed by atoms with van der Waals surface area (Å²) in [5.74, 6) is -1.40.